The van der Waals surface area contributed by atoms with Crippen molar-refractivity contribution in [2.45, 2.75) is 25.4 Å². The zero-order valence-electron chi connectivity index (χ0n) is 11.7. The average Bonchev–Trinajstić information content (AvgIpc) is 2.71. The molecule has 3 rings (SSSR count). The summed E-state index contributed by atoms with van der Waals surface area (Å²) in [5.74, 6) is -0.401. The first kappa shape index (κ1) is 13.6. The molecule has 0 atom stereocenters. The van der Waals surface area contributed by atoms with Crippen molar-refractivity contribution in [1.29, 1.82) is 0 Å². The van der Waals surface area contributed by atoms with Gasteiger partial charge in [0, 0.05) is 31.5 Å². The summed E-state index contributed by atoms with van der Waals surface area (Å²) in [6.07, 6.45) is 1.34. The van der Waals surface area contributed by atoms with Gasteiger partial charge >= 0.3 is 5.97 Å². The third-order valence-electron chi connectivity index (χ3n) is 4.35. The number of esters is 1. The molecule has 6 heteroatoms. The van der Waals surface area contributed by atoms with Gasteiger partial charge in [-0.25, -0.2) is 4.79 Å². The predicted molar refractivity (Wildman–Crippen MR) is 71.0 cm³/mol. The summed E-state index contributed by atoms with van der Waals surface area (Å²) >= 11 is 0. The number of piperidine rings is 1. The van der Waals surface area contributed by atoms with Crippen LogP contribution in [0.3, 0.4) is 0 Å². The summed E-state index contributed by atoms with van der Waals surface area (Å²) in [4.78, 5) is 26.5. The molecule has 6 nitrogen and oxygen atoms in total. The van der Waals surface area contributed by atoms with E-state index in [1.165, 1.54) is 0 Å². The smallest absolute Gasteiger partial charge is 0.335 e. The van der Waals surface area contributed by atoms with Crippen LogP contribution < -0.4 is 5.32 Å². The van der Waals surface area contributed by atoms with Crippen LogP contribution in [0.15, 0.2) is 11.1 Å². The first-order valence-electron chi connectivity index (χ1n) is 7.16. The van der Waals surface area contributed by atoms with E-state index in [0.29, 0.717) is 50.3 Å². The zero-order chi connectivity index (χ0) is 14.2. The summed E-state index contributed by atoms with van der Waals surface area (Å²) in [6, 6.07) is 0. The standard InChI is InChI=1S/C14H20N2O4/c1-10-11(12(17)16-6-8-19-9-7-16)14(20-13(10)18)2-4-15-5-3-14/h15H,2-9H2,1H3. The Morgan fingerprint density at radius 2 is 1.90 bits per heavy atom. The van der Waals surface area contributed by atoms with Crippen LogP contribution in [0.4, 0.5) is 0 Å². The Morgan fingerprint density at radius 1 is 1.25 bits per heavy atom. The number of nitrogens with zero attached hydrogens (tertiary/aromatic N) is 1. The lowest BCUT2D eigenvalue weighted by molar-refractivity contribution is -0.150. The van der Waals surface area contributed by atoms with Gasteiger partial charge in [-0.05, 0) is 20.0 Å². The van der Waals surface area contributed by atoms with Crippen LogP contribution in [-0.2, 0) is 19.1 Å². The first-order valence-corrected chi connectivity index (χ1v) is 7.16. The molecule has 0 unspecified atom stereocenters. The predicted octanol–water partition coefficient (Wildman–Crippen LogP) is -0.159. The quantitative estimate of drug-likeness (QED) is 0.676. The fourth-order valence-corrected chi connectivity index (χ4v) is 3.21. The second-order valence-corrected chi connectivity index (χ2v) is 5.54. The van der Waals surface area contributed by atoms with Crippen molar-refractivity contribution in [1.82, 2.24) is 10.2 Å². The van der Waals surface area contributed by atoms with Crippen LogP contribution in [0.5, 0.6) is 0 Å². The van der Waals surface area contributed by atoms with E-state index in [1.54, 1.807) is 11.8 Å². The van der Waals surface area contributed by atoms with Crippen LogP contribution in [0.1, 0.15) is 19.8 Å². The van der Waals surface area contributed by atoms with E-state index in [4.69, 9.17) is 9.47 Å². The molecule has 3 aliphatic heterocycles. The number of rotatable bonds is 1. The zero-order valence-corrected chi connectivity index (χ0v) is 11.7. The molecule has 20 heavy (non-hydrogen) atoms. The molecule has 0 aromatic heterocycles. The Kier molecular flexibility index (Phi) is 3.52. The van der Waals surface area contributed by atoms with E-state index in [1.807, 2.05) is 0 Å². The maximum atomic E-state index is 12.8. The van der Waals surface area contributed by atoms with Crippen molar-refractivity contribution in [3.8, 4) is 0 Å². The average molecular weight is 280 g/mol. The van der Waals surface area contributed by atoms with Gasteiger partial charge < -0.3 is 19.7 Å². The normalized spacial score (nSPS) is 26.1. The largest absolute Gasteiger partial charge is 0.450 e. The second-order valence-electron chi connectivity index (χ2n) is 5.54. The lowest BCUT2D eigenvalue weighted by atomic mass is 9.83. The SMILES string of the molecule is CC1=C(C(=O)N2CCOCC2)C2(CCNCC2)OC1=O. The van der Waals surface area contributed by atoms with Gasteiger partial charge in [0.15, 0.2) is 0 Å². The number of ether oxygens (including phenoxy) is 2. The van der Waals surface area contributed by atoms with E-state index in [2.05, 4.69) is 5.32 Å². The molecule has 3 heterocycles. The molecule has 0 saturated carbocycles. The molecule has 1 amide bonds. The van der Waals surface area contributed by atoms with Gasteiger partial charge in [-0.15, -0.1) is 0 Å². The van der Waals surface area contributed by atoms with Gasteiger partial charge in [0.1, 0.15) is 5.60 Å². The molecular weight excluding hydrogens is 260 g/mol. The molecule has 110 valence electrons. The van der Waals surface area contributed by atoms with Crippen molar-refractivity contribution < 1.29 is 19.1 Å². The number of hydrogen-bond donors (Lipinski definition) is 1. The monoisotopic (exact) mass is 280 g/mol. The minimum absolute atomic E-state index is 0.0569. The third-order valence-corrected chi connectivity index (χ3v) is 4.35. The Balaban J connectivity index is 1.90. The minimum Gasteiger partial charge on any atom is -0.450 e. The van der Waals surface area contributed by atoms with Crippen molar-refractivity contribution in [3.63, 3.8) is 0 Å². The highest BCUT2D eigenvalue weighted by Gasteiger charge is 2.50. The van der Waals surface area contributed by atoms with Gasteiger partial charge in [0.05, 0.1) is 18.8 Å². The maximum Gasteiger partial charge on any atom is 0.335 e. The highest BCUT2D eigenvalue weighted by atomic mass is 16.6. The highest BCUT2D eigenvalue weighted by Crippen LogP contribution is 2.40. The molecule has 0 aliphatic carbocycles. The number of hydrogen-bond acceptors (Lipinski definition) is 5. The molecular formula is C14H20N2O4. The van der Waals surface area contributed by atoms with Crippen molar-refractivity contribution in [3.05, 3.63) is 11.1 Å². The van der Waals surface area contributed by atoms with Gasteiger partial charge in [-0.1, -0.05) is 0 Å². The Morgan fingerprint density at radius 3 is 2.55 bits per heavy atom. The lowest BCUT2D eigenvalue weighted by Crippen LogP contribution is -2.50. The van der Waals surface area contributed by atoms with Crippen molar-refractivity contribution in [2.24, 2.45) is 0 Å². The summed E-state index contributed by atoms with van der Waals surface area (Å²) in [5, 5.41) is 3.25. The van der Waals surface area contributed by atoms with Crippen molar-refractivity contribution in [2.75, 3.05) is 39.4 Å². The van der Waals surface area contributed by atoms with Gasteiger partial charge in [0.2, 0.25) is 0 Å². The summed E-state index contributed by atoms with van der Waals surface area (Å²) in [5.41, 5.74) is 0.344. The van der Waals surface area contributed by atoms with E-state index >= 15 is 0 Å². The van der Waals surface area contributed by atoms with E-state index in [-0.39, 0.29) is 11.9 Å². The van der Waals surface area contributed by atoms with Crippen LogP contribution in [-0.4, -0.2) is 61.8 Å². The number of nitrogens with one attached hydrogen (secondary N) is 1. The van der Waals surface area contributed by atoms with Gasteiger partial charge in [-0.2, -0.15) is 0 Å². The fraction of sp³-hybridized carbons (Fsp3) is 0.714. The second kappa shape index (κ2) is 5.18. The summed E-state index contributed by atoms with van der Waals surface area (Å²) < 4.78 is 10.9. The molecule has 0 radical (unpaired) electrons. The lowest BCUT2D eigenvalue weighted by Gasteiger charge is -2.37. The highest BCUT2D eigenvalue weighted by molar-refractivity contribution is 6.07. The van der Waals surface area contributed by atoms with Gasteiger partial charge in [0.25, 0.3) is 5.91 Å². The van der Waals surface area contributed by atoms with Crippen molar-refractivity contribution >= 4 is 11.9 Å². The topological polar surface area (TPSA) is 67.9 Å². The van der Waals surface area contributed by atoms with Crippen LogP contribution in [0, 0.1) is 0 Å². The molecule has 2 fully saturated rings. The summed E-state index contributed by atoms with van der Waals surface area (Å²) in [6.45, 7) is 5.51. The fourth-order valence-electron chi connectivity index (χ4n) is 3.21. The van der Waals surface area contributed by atoms with Crippen LogP contribution >= 0.6 is 0 Å². The number of amides is 1. The Labute approximate surface area is 118 Å². The number of carbonyl (C=O) groups excluding carboxylic acids is 2. The molecule has 0 bridgehead atoms. The van der Waals surface area contributed by atoms with E-state index < -0.39 is 5.60 Å². The molecule has 1 spiro atoms. The minimum atomic E-state index is -0.707. The molecule has 1 N–H and O–H groups in total. The van der Waals surface area contributed by atoms with Crippen LogP contribution in [0.2, 0.25) is 0 Å². The molecule has 3 aliphatic rings. The number of carbonyl (C=O) groups is 2. The Bertz CT molecular complexity index is 460. The van der Waals surface area contributed by atoms with E-state index in [0.717, 1.165) is 13.1 Å². The molecule has 0 aromatic carbocycles. The van der Waals surface area contributed by atoms with Crippen LogP contribution in [0.25, 0.3) is 0 Å². The molecule has 0 aromatic rings. The van der Waals surface area contributed by atoms with E-state index in [9.17, 15) is 9.59 Å². The Hall–Kier alpha value is -1.40. The summed E-state index contributed by atoms with van der Waals surface area (Å²) in [7, 11) is 0. The maximum absolute atomic E-state index is 12.8. The molecule has 2 saturated heterocycles. The third kappa shape index (κ3) is 2.13. The van der Waals surface area contributed by atoms with Gasteiger partial charge in [-0.3, -0.25) is 4.79 Å². The number of morpholine rings is 1. The first-order chi connectivity index (χ1) is 9.64.